The monoisotopic (exact) mass is 977 g/mol. The topological polar surface area (TPSA) is 72.8 Å². The first-order valence-electron chi connectivity index (χ1n) is 30.5. The number of esters is 2. The number of hydrogen-bond donors (Lipinski definition) is 1. The Bertz CT molecular complexity index is 1240. The number of aliphatic hydroxyl groups excluding tert-OH is 1. The predicted molar refractivity (Wildman–Crippen MR) is 306 cm³/mol. The maximum Gasteiger partial charge on any atom is 0.306 e. The standard InChI is InChI=1S/C65H116O5/c1-3-5-7-9-11-13-15-17-19-21-23-24-25-26-27-28-29-30-31-32-33-34-35-36-37-38-39-40-42-44-46-48-50-52-54-56-58-60-65(68)70-63(61-66)62-69-64(67)59-57-55-53-51-49-47-45-43-41-22-20-18-16-14-12-10-8-6-4-2/h5,7,11,13,17-20,23-24,26-27,63,66H,3-4,6,8-10,12,14-16,21-22,25,28-62H2,1-2H3/b7-5-,13-11-,19-17-,20-18-,24-23-,27-26-. The van der Waals surface area contributed by atoms with Crippen LogP contribution in [0.5, 0.6) is 0 Å². The highest BCUT2D eigenvalue weighted by atomic mass is 16.6. The number of unbranched alkanes of at least 4 members (excludes halogenated alkanes) is 36. The van der Waals surface area contributed by atoms with E-state index in [1.807, 2.05) is 0 Å². The van der Waals surface area contributed by atoms with Gasteiger partial charge < -0.3 is 14.6 Å². The molecule has 0 bridgehead atoms. The van der Waals surface area contributed by atoms with Crippen LogP contribution in [0.15, 0.2) is 72.9 Å². The lowest BCUT2D eigenvalue weighted by atomic mass is 10.0. The summed E-state index contributed by atoms with van der Waals surface area (Å²) in [6.07, 6.45) is 83.3. The molecule has 0 aliphatic carbocycles. The third-order valence-electron chi connectivity index (χ3n) is 13.5. The van der Waals surface area contributed by atoms with E-state index in [1.165, 1.54) is 212 Å². The number of carbonyl (C=O) groups is 2. The summed E-state index contributed by atoms with van der Waals surface area (Å²) in [6, 6.07) is 0. The number of carbonyl (C=O) groups excluding carboxylic acids is 2. The molecule has 406 valence electrons. The first kappa shape index (κ1) is 67.3. The van der Waals surface area contributed by atoms with Crippen molar-refractivity contribution < 1.29 is 24.2 Å². The lowest BCUT2D eigenvalue weighted by Gasteiger charge is -2.15. The highest BCUT2D eigenvalue weighted by Crippen LogP contribution is 2.17. The molecule has 5 nitrogen and oxygen atoms in total. The number of ether oxygens (including phenoxy) is 2. The molecule has 5 heteroatoms. The normalized spacial score (nSPS) is 12.7. The van der Waals surface area contributed by atoms with Gasteiger partial charge in [-0.05, 0) is 83.5 Å². The largest absolute Gasteiger partial charge is 0.462 e. The molecule has 0 aromatic rings. The van der Waals surface area contributed by atoms with E-state index in [4.69, 9.17) is 9.47 Å². The van der Waals surface area contributed by atoms with Crippen LogP contribution in [0.4, 0.5) is 0 Å². The van der Waals surface area contributed by atoms with Crippen molar-refractivity contribution in [1.82, 2.24) is 0 Å². The Hall–Kier alpha value is -2.66. The van der Waals surface area contributed by atoms with E-state index in [2.05, 4.69) is 86.8 Å². The van der Waals surface area contributed by atoms with E-state index in [0.29, 0.717) is 12.8 Å². The van der Waals surface area contributed by atoms with E-state index in [1.54, 1.807) is 0 Å². The molecule has 0 aromatic heterocycles. The van der Waals surface area contributed by atoms with Crippen molar-refractivity contribution in [1.29, 1.82) is 0 Å². The minimum absolute atomic E-state index is 0.0642. The number of allylic oxidation sites excluding steroid dienone is 12. The zero-order valence-corrected chi connectivity index (χ0v) is 46.5. The van der Waals surface area contributed by atoms with Gasteiger partial charge in [0.25, 0.3) is 0 Å². The average Bonchev–Trinajstić information content (AvgIpc) is 3.36. The third kappa shape index (κ3) is 57.9. The molecule has 0 saturated heterocycles. The molecule has 0 fully saturated rings. The molecule has 0 rings (SSSR count). The molecule has 0 aliphatic rings. The summed E-state index contributed by atoms with van der Waals surface area (Å²) in [7, 11) is 0. The molecule has 0 aliphatic heterocycles. The molecular weight excluding hydrogens is 861 g/mol. The van der Waals surface area contributed by atoms with Crippen LogP contribution < -0.4 is 0 Å². The molecule has 0 radical (unpaired) electrons. The predicted octanol–water partition coefficient (Wildman–Crippen LogP) is 20.8. The fourth-order valence-electron chi connectivity index (χ4n) is 8.93. The Morgan fingerprint density at radius 2 is 0.614 bits per heavy atom. The van der Waals surface area contributed by atoms with Gasteiger partial charge in [0.2, 0.25) is 0 Å². The van der Waals surface area contributed by atoms with Crippen LogP contribution in [0, 0.1) is 0 Å². The number of rotatable bonds is 56. The maximum absolute atomic E-state index is 12.3. The van der Waals surface area contributed by atoms with Crippen molar-refractivity contribution in [3.8, 4) is 0 Å². The Balaban J connectivity index is 3.43. The summed E-state index contributed by atoms with van der Waals surface area (Å²) in [6.45, 7) is 4.05. The molecule has 1 atom stereocenters. The zero-order valence-electron chi connectivity index (χ0n) is 46.5. The van der Waals surface area contributed by atoms with Gasteiger partial charge in [0.15, 0.2) is 6.10 Å². The number of aliphatic hydroxyl groups is 1. The van der Waals surface area contributed by atoms with Crippen molar-refractivity contribution in [2.24, 2.45) is 0 Å². The highest BCUT2D eigenvalue weighted by Gasteiger charge is 2.16. The van der Waals surface area contributed by atoms with Gasteiger partial charge in [0, 0.05) is 12.8 Å². The number of hydrogen-bond acceptors (Lipinski definition) is 5. The Kier molecular flexibility index (Phi) is 58.3. The van der Waals surface area contributed by atoms with Gasteiger partial charge in [0.05, 0.1) is 6.61 Å². The van der Waals surface area contributed by atoms with Crippen molar-refractivity contribution in [3.63, 3.8) is 0 Å². The van der Waals surface area contributed by atoms with Crippen molar-refractivity contribution >= 4 is 11.9 Å². The van der Waals surface area contributed by atoms with Gasteiger partial charge in [0.1, 0.15) is 6.61 Å². The molecule has 70 heavy (non-hydrogen) atoms. The molecule has 0 amide bonds. The van der Waals surface area contributed by atoms with Crippen LogP contribution in [0.1, 0.15) is 309 Å². The average molecular weight is 978 g/mol. The first-order chi connectivity index (χ1) is 34.6. The SMILES string of the molecule is CC/C=C\C/C=C\C/C=C\C/C=C\C/C=C\CCCCCCCCCCCCCCCCCCCCCCCC(=O)OC(CO)COC(=O)CCCCCCCCCCC/C=C\CCCCCCCC. The summed E-state index contributed by atoms with van der Waals surface area (Å²) in [5.74, 6) is -0.579. The van der Waals surface area contributed by atoms with Gasteiger partial charge in [-0.1, -0.05) is 286 Å². The van der Waals surface area contributed by atoms with Crippen molar-refractivity contribution in [2.75, 3.05) is 13.2 Å². The summed E-state index contributed by atoms with van der Waals surface area (Å²) in [5.41, 5.74) is 0. The summed E-state index contributed by atoms with van der Waals surface area (Å²) < 4.78 is 10.7. The van der Waals surface area contributed by atoms with Gasteiger partial charge in [-0.15, -0.1) is 0 Å². The minimum atomic E-state index is -0.773. The summed E-state index contributed by atoms with van der Waals surface area (Å²) >= 11 is 0. The quantitative estimate of drug-likeness (QED) is 0.0373. The molecule has 1 unspecified atom stereocenters. The lowest BCUT2D eigenvalue weighted by molar-refractivity contribution is -0.161. The summed E-state index contributed by atoms with van der Waals surface area (Å²) in [5, 5.41) is 9.66. The summed E-state index contributed by atoms with van der Waals surface area (Å²) in [4.78, 5) is 24.5. The Morgan fingerprint density at radius 1 is 0.343 bits per heavy atom. The van der Waals surface area contributed by atoms with E-state index in [-0.39, 0.29) is 25.2 Å². The van der Waals surface area contributed by atoms with Crippen LogP contribution in [0.25, 0.3) is 0 Å². The second kappa shape index (κ2) is 60.6. The van der Waals surface area contributed by atoms with E-state index in [9.17, 15) is 14.7 Å². The van der Waals surface area contributed by atoms with Crippen LogP contribution in [-0.4, -0.2) is 36.4 Å². The second-order valence-electron chi connectivity index (χ2n) is 20.4. The fourth-order valence-corrected chi connectivity index (χ4v) is 8.93. The molecule has 1 N–H and O–H groups in total. The van der Waals surface area contributed by atoms with Crippen LogP contribution >= 0.6 is 0 Å². The van der Waals surface area contributed by atoms with E-state index < -0.39 is 6.10 Å². The second-order valence-corrected chi connectivity index (χ2v) is 20.4. The highest BCUT2D eigenvalue weighted by molar-refractivity contribution is 5.70. The van der Waals surface area contributed by atoms with Gasteiger partial charge >= 0.3 is 11.9 Å². The zero-order chi connectivity index (χ0) is 50.6. The fraction of sp³-hybridized carbons (Fsp3) is 0.785. The van der Waals surface area contributed by atoms with E-state index >= 15 is 0 Å². The van der Waals surface area contributed by atoms with Gasteiger partial charge in [-0.3, -0.25) is 9.59 Å². The van der Waals surface area contributed by atoms with Gasteiger partial charge in [-0.25, -0.2) is 0 Å². The Morgan fingerprint density at radius 3 is 0.943 bits per heavy atom. The first-order valence-corrected chi connectivity index (χ1v) is 30.5. The molecular formula is C65H116O5. The molecule has 0 aromatic carbocycles. The van der Waals surface area contributed by atoms with Crippen molar-refractivity contribution in [3.05, 3.63) is 72.9 Å². The van der Waals surface area contributed by atoms with Gasteiger partial charge in [-0.2, -0.15) is 0 Å². The molecule has 0 spiro atoms. The Labute approximate surface area is 435 Å². The molecule has 0 saturated carbocycles. The lowest BCUT2D eigenvalue weighted by Crippen LogP contribution is -2.28. The van der Waals surface area contributed by atoms with Crippen LogP contribution in [0.2, 0.25) is 0 Å². The van der Waals surface area contributed by atoms with E-state index in [0.717, 1.165) is 70.6 Å². The third-order valence-corrected chi connectivity index (χ3v) is 13.5. The smallest absolute Gasteiger partial charge is 0.306 e. The van der Waals surface area contributed by atoms with Crippen molar-refractivity contribution in [2.45, 2.75) is 315 Å². The van der Waals surface area contributed by atoms with Crippen LogP contribution in [0.3, 0.4) is 0 Å². The maximum atomic E-state index is 12.3. The molecule has 0 heterocycles. The minimum Gasteiger partial charge on any atom is -0.462 e. The van der Waals surface area contributed by atoms with Crippen LogP contribution in [-0.2, 0) is 19.1 Å².